The molecule has 0 unspecified atom stereocenters. The van der Waals surface area contributed by atoms with Gasteiger partial charge in [0.05, 0.1) is 25.2 Å². The molecule has 2 N–H and O–H groups in total. The number of aliphatic hydroxyl groups is 1. The molecule has 1 amide bonds. The number of carbonyl (C=O) groups is 1. The average Bonchev–Trinajstić information content (AvgIpc) is 3.02. The van der Waals surface area contributed by atoms with Crippen LogP contribution < -0.4 is 5.32 Å². The lowest BCUT2D eigenvalue weighted by Crippen LogP contribution is -2.45. The van der Waals surface area contributed by atoms with Gasteiger partial charge in [0.1, 0.15) is 0 Å². The number of thiophene rings is 1. The number of nitrogens with zero attached hydrogens (tertiary/aromatic N) is 1. The van der Waals surface area contributed by atoms with E-state index < -0.39 is 6.10 Å². The number of fused-ring (bicyclic) bond motifs is 1. The molecule has 2 atom stereocenters. The van der Waals surface area contributed by atoms with Gasteiger partial charge in [0.15, 0.2) is 0 Å². The number of rotatable bonds is 5. The molecule has 122 valence electrons. The number of β-amino-alcohol motifs (C(OH)–C–C–N with tert-alkyl or cyclic N) is 1. The third-order valence-corrected chi connectivity index (χ3v) is 5.45. The van der Waals surface area contributed by atoms with Crippen LogP contribution in [0.3, 0.4) is 0 Å². The molecule has 2 heterocycles. The molecular weight excluding hydrogens is 300 g/mol. The van der Waals surface area contributed by atoms with Gasteiger partial charge in [0.2, 0.25) is 5.91 Å². The Morgan fingerprint density at radius 2 is 2.32 bits per heavy atom. The molecule has 1 aromatic heterocycles. The van der Waals surface area contributed by atoms with Gasteiger partial charge in [-0.1, -0.05) is 0 Å². The lowest BCUT2D eigenvalue weighted by molar-refractivity contribution is -0.123. The first-order valence-corrected chi connectivity index (χ1v) is 8.94. The van der Waals surface area contributed by atoms with E-state index >= 15 is 0 Å². The number of ether oxygens (including phenoxy) is 1. The van der Waals surface area contributed by atoms with Crippen molar-refractivity contribution < 1.29 is 14.6 Å². The van der Waals surface area contributed by atoms with Crippen LogP contribution in [-0.2, 0) is 16.0 Å². The summed E-state index contributed by atoms with van der Waals surface area (Å²) in [6.07, 6.45) is 2.56. The highest BCUT2D eigenvalue weighted by atomic mass is 32.1. The molecule has 6 heteroatoms. The van der Waals surface area contributed by atoms with Gasteiger partial charge in [0, 0.05) is 31.1 Å². The van der Waals surface area contributed by atoms with Crippen LogP contribution in [0, 0.1) is 0 Å². The Morgan fingerprint density at radius 1 is 1.50 bits per heavy atom. The lowest BCUT2D eigenvalue weighted by Gasteiger charge is -2.29. The first-order valence-electron chi connectivity index (χ1n) is 8.06. The van der Waals surface area contributed by atoms with E-state index in [0.29, 0.717) is 13.1 Å². The van der Waals surface area contributed by atoms with E-state index in [1.54, 1.807) is 11.3 Å². The quantitative estimate of drug-likeness (QED) is 0.847. The maximum absolute atomic E-state index is 12.4. The van der Waals surface area contributed by atoms with E-state index in [1.807, 2.05) is 0 Å². The van der Waals surface area contributed by atoms with Crippen LogP contribution in [0.5, 0.6) is 0 Å². The SMILES string of the molecule is O=C(NC[C@H](O)CN1CCOCC1)[C@@H]1CCCc2sccc21. The minimum atomic E-state index is -0.521. The van der Waals surface area contributed by atoms with Crippen molar-refractivity contribution in [2.45, 2.75) is 31.3 Å². The van der Waals surface area contributed by atoms with E-state index in [1.165, 1.54) is 10.4 Å². The number of aliphatic hydroxyl groups excluding tert-OH is 1. The van der Waals surface area contributed by atoms with Gasteiger partial charge in [0.25, 0.3) is 0 Å². The predicted molar refractivity (Wildman–Crippen MR) is 86.3 cm³/mol. The average molecular weight is 324 g/mol. The molecule has 1 aliphatic carbocycles. The maximum atomic E-state index is 12.4. The number of nitrogens with one attached hydrogen (secondary N) is 1. The molecular formula is C16H24N2O3S. The number of carbonyl (C=O) groups excluding carboxylic acids is 1. The van der Waals surface area contributed by atoms with Gasteiger partial charge in [-0.3, -0.25) is 9.69 Å². The molecule has 0 saturated carbocycles. The Bertz CT molecular complexity index is 499. The van der Waals surface area contributed by atoms with Crippen molar-refractivity contribution in [3.05, 3.63) is 21.9 Å². The number of hydrogen-bond donors (Lipinski definition) is 2. The highest BCUT2D eigenvalue weighted by Crippen LogP contribution is 2.34. The highest BCUT2D eigenvalue weighted by molar-refractivity contribution is 7.10. The molecule has 3 rings (SSSR count). The molecule has 0 radical (unpaired) electrons. The summed E-state index contributed by atoms with van der Waals surface area (Å²) in [5.41, 5.74) is 1.19. The van der Waals surface area contributed by atoms with Gasteiger partial charge in [-0.25, -0.2) is 0 Å². The summed E-state index contributed by atoms with van der Waals surface area (Å²) in [6, 6.07) is 2.08. The Balaban J connectivity index is 1.46. The number of aryl methyl sites for hydroxylation is 1. The molecule has 1 aromatic rings. The first kappa shape index (κ1) is 15.9. The van der Waals surface area contributed by atoms with E-state index in [-0.39, 0.29) is 11.8 Å². The third-order valence-electron chi connectivity index (χ3n) is 4.45. The van der Waals surface area contributed by atoms with Crippen molar-refractivity contribution in [2.24, 2.45) is 0 Å². The Morgan fingerprint density at radius 3 is 3.14 bits per heavy atom. The fourth-order valence-corrected chi connectivity index (χ4v) is 4.23. The van der Waals surface area contributed by atoms with Crippen LogP contribution >= 0.6 is 11.3 Å². The predicted octanol–water partition coefficient (Wildman–Crippen LogP) is 0.977. The van der Waals surface area contributed by atoms with Gasteiger partial charge < -0.3 is 15.2 Å². The fraction of sp³-hybridized carbons (Fsp3) is 0.688. The summed E-state index contributed by atoms with van der Waals surface area (Å²) in [5.74, 6) is 0.0194. The van der Waals surface area contributed by atoms with Crippen LogP contribution in [0.15, 0.2) is 11.4 Å². The zero-order valence-electron chi connectivity index (χ0n) is 12.8. The third kappa shape index (κ3) is 3.87. The molecule has 1 saturated heterocycles. The minimum absolute atomic E-state index is 0.0365. The van der Waals surface area contributed by atoms with Gasteiger partial charge in [-0.05, 0) is 36.3 Å². The van der Waals surface area contributed by atoms with E-state index in [9.17, 15) is 9.90 Å². The Hall–Kier alpha value is -0.950. The smallest absolute Gasteiger partial charge is 0.227 e. The van der Waals surface area contributed by atoms with E-state index in [4.69, 9.17) is 4.74 Å². The minimum Gasteiger partial charge on any atom is -0.390 e. The summed E-state index contributed by atoms with van der Waals surface area (Å²) in [4.78, 5) is 15.9. The summed E-state index contributed by atoms with van der Waals surface area (Å²) in [6.45, 7) is 4.08. The maximum Gasteiger partial charge on any atom is 0.227 e. The molecule has 1 fully saturated rings. The second-order valence-electron chi connectivity index (χ2n) is 6.06. The number of amides is 1. The lowest BCUT2D eigenvalue weighted by atomic mass is 9.87. The van der Waals surface area contributed by atoms with Gasteiger partial charge in [-0.15, -0.1) is 11.3 Å². The summed E-state index contributed by atoms with van der Waals surface area (Å²) in [7, 11) is 0. The van der Waals surface area contributed by atoms with Crippen LogP contribution in [0.4, 0.5) is 0 Å². The van der Waals surface area contributed by atoms with Crippen molar-refractivity contribution in [2.75, 3.05) is 39.4 Å². The highest BCUT2D eigenvalue weighted by Gasteiger charge is 2.27. The number of hydrogen-bond acceptors (Lipinski definition) is 5. The van der Waals surface area contributed by atoms with Crippen molar-refractivity contribution in [1.29, 1.82) is 0 Å². The second-order valence-corrected chi connectivity index (χ2v) is 7.06. The zero-order chi connectivity index (χ0) is 15.4. The van der Waals surface area contributed by atoms with Crippen molar-refractivity contribution in [3.63, 3.8) is 0 Å². The van der Waals surface area contributed by atoms with Gasteiger partial charge in [-0.2, -0.15) is 0 Å². The first-order chi connectivity index (χ1) is 10.7. The van der Waals surface area contributed by atoms with Crippen LogP contribution in [0.1, 0.15) is 29.2 Å². The fourth-order valence-electron chi connectivity index (χ4n) is 3.25. The molecule has 0 spiro atoms. The van der Waals surface area contributed by atoms with Crippen LogP contribution in [0.2, 0.25) is 0 Å². The van der Waals surface area contributed by atoms with E-state index in [2.05, 4.69) is 21.7 Å². The molecule has 22 heavy (non-hydrogen) atoms. The standard InChI is InChI=1S/C16H24N2O3S/c19-12(11-18-5-7-21-8-6-18)10-17-16(20)14-2-1-3-15-13(14)4-9-22-15/h4,9,12,14,19H,1-3,5-8,10-11H2,(H,17,20)/t12-,14+/m0/s1. The molecule has 1 aliphatic heterocycles. The van der Waals surface area contributed by atoms with Gasteiger partial charge >= 0.3 is 0 Å². The second kappa shape index (κ2) is 7.55. The largest absolute Gasteiger partial charge is 0.390 e. The van der Waals surface area contributed by atoms with Crippen LogP contribution in [-0.4, -0.2) is 61.4 Å². The summed E-state index contributed by atoms with van der Waals surface area (Å²) in [5, 5.41) is 15.1. The normalized spacial score (nSPS) is 23.8. The Labute approximate surface area is 135 Å². The molecule has 2 aliphatic rings. The summed E-state index contributed by atoms with van der Waals surface area (Å²) < 4.78 is 5.29. The van der Waals surface area contributed by atoms with Crippen molar-refractivity contribution in [3.8, 4) is 0 Å². The monoisotopic (exact) mass is 324 g/mol. The topological polar surface area (TPSA) is 61.8 Å². The van der Waals surface area contributed by atoms with Crippen molar-refractivity contribution >= 4 is 17.2 Å². The Kier molecular flexibility index (Phi) is 5.46. The molecule has 0 bridgehead atoms. The van der Waals surface area contributed by atoms with E-state index in [0.717, 1.165) is 45.6 Å². The zero-order valence-corrected chi connectivity index (χ0v) is 13.6. The summed E-state index contributed by atoms with van der Waals surface area (Å²) >= 11 is 1.75. The molecule has 5 nitrogen and oxygen atoms in total. The van der Waals surface area contributed by atoms with Crippen molar-refractivity contribution in [1.82, 2.24) is 10.2 Å². The molecule has 0 aromatic carbocycles. The number of morpholine rings is 1. The van der Waals surface area contributed by atoms with Crippen LogP contribution in [0.25, 0.3) is 0 Å².